The molecule has 1 aromatic heterocycles. The van der Waals surface area contributed by atoms with Crippen molar-refractivity contribution in [2.75, 3.05) is 14.2 Å². The third kappa shape index (κ3) is 1.57. The van der Waals surface area contributed by atoms with E-state index in [9.17, 15) is 0 Å². The van der Waals surface area contributed by atoms with E-state index in [0.29, 0.717) is 0 Å². The van der Waals surface area contributed by atoms with Crippen LogP contribution in [0.2, 0.25) is 0 Å². The van der Waals surface area contributed by atoms with Gasteiger partial charge in [-0.25, -0.2) is 0 Å². The van der Waals surface area contributed by atoms with Crippen LogP contribution >= 0.6 is 0 Å². The maximum Gasteiger partial charge on any atom is 0.132 e. The maximum atomic E-state index is 5.49. The Morgan fingerprint density at radius 1 is 1.06 bits per heavy atom. The molecule has 0 unspecified atom stereocenters. The third-order valence-corrected chi connectivity index (χ3v) is 3.59. The molecule has 17 heavy (non-hydrogen) atoms. The lowest BCUT2D eigenvalue weighted by Crippen LogP contribution is -2.00. The molecule has 3 nitrogen and oxygen atoms in total. The zero-order valence-electron chi connectivity index (χ0n) is 10.3. The third-order valence-electron chi connectivity index (χ3n) is 3.59. The number of H-pyrrole nitrogens is 1. The number of hydrogen-bond donors (Lipinski definition) is 1. The molecule has 3 rings (SSSR count). The largest absolute Gasteiger partial charge is 0.497 e. The van der Waals surface area contributed by atoms with Gasteiger partial charge in [-0.3, -0.25) is 0 Å². The molecule has 0 radical (unpaired) electrons. The van der Waals surface area contributed by atoms with E-state index in [1.54, 1.807) is 14.2 Å². The average Bonchev–Trinajstić information content (AvgIpc) is 2.75. The van der Waals surface area contributed by atoms with Gasteiger partial charge in [-0.15, -0.1) is 0 Å². The van der Waals surface area contributed by atoms with Gasteiger partial charge in [-0.1, -0.05) is 0 Å². The maximum absolute atomic E-state index is 5.49. The Kier molecular flexibility index (Phi) is 2.46. The average molecular weight is 231 g/mol. The molecule has 1 aromatic carbocycles. The zero-order valence-corrected chi connectivity index (χ0v) is 10.3. The zero-order chi connectivity index (χ0) is 11.8. The fraction of sp³-hybridized carbons (Fsp3) is 0.429. The van der Waals surface area contributed by atoms with Gasteiger partial charge in [0.1, 0.15) is 11.5 Å². The Morgan fingerprint density at radius 3 is 2.65 bits per heavy atom. The quantitative estimate of drug-likeness (QED) is 0.862. The Bertz CT molecular complexity index is 557. The van der Waals surface area contributed by atoms with Gasteiger partial charge in [0.25, 0.3) is 0 Å². The second-order valence-corrected chi connectivity index (χ2v) is 4.54. The lowest BCUT2D eigenvalue weighted by molar-refractivity contribution is 0.398. The number of benzene rings is 1. The van der Waals surface area contributed by atoms with Gasteiger partial charge in [-0.05, 0) is 31.2 Å². The minimum atomic E-state index is 0.841. The van der Waals surface area contributed by atoms with Gasteiger partial charge in [0.05, 0.1) is 19.7 Å². The van der Waals surface area contributed by atoms with Crippen molar-refractivity contribution in [1.82, 2.24) is 4.98 Å². The summed E-state index contributed by atoms with van der Waals surface area (Å²) in [6.45, 7) is 0. The molecule has 0 saturated heterocycles. The molecule has 90 valence electrons. The Morgan fingerprint density at radius 2 is 1.88 bits per heavy atom. The van der Waals surface area contributed by atoms with Crippen molar-refractivity contribution in [2.45, 2.75) is 25.7 Å². The first-order chi connectivity index (χ1) is 8.33. The molecule has 0 spiro atoms. The lowest BCUT2D eigenvalue weighted by atomic mass is 9.95. The van der Waals surface area contributed by atoms with Gasteiger partial charge in [-0.2, -0.15) is 0 Å². The first-order valence-electron chi connectivity index (χ1n) is 6.09. The second kappa shape index (κ2) is 3.99. The van der Waals surface area contributed by atoms with Gasteiger partial charge in [0.2, 0.25) is 0 Å². The number of hydrogen-bond acceptors (Lipinski definition) is 2. The van der Waals surface area contributed by atoms with Crippen LogP contribution in [0, 0.1) is 0 Å². The van der Waals surface area contributed by atoms with Crippen molar-refractivity contribution in [3.63, 3.8) is 0 Å². The van der Waals surface area contributed by atoms with E-state index >= 15 is 0 Å². The van der Waals surface area contributed by atoms with Crippen molar-refractivity contribution in [2.24, 2.45) is 0 Å². The van der Waals surface area contributed by atoms with E-state index in [1.807, 2.05) is 6.07 Å². The highest BCUT2D eigenvalue weighted by molar-refractivity contribution is 5.92. The van der Waals surface area contributed by atoms with Crippen LogP contribution in [0.25, 0.3) is 10.9 Å². The molecule has 0 saturated carbocycles. The molecule has 0 fully saturated rings. The molecular formula is C14H17NO2. The summed E-state index contributed by atoms with van der Waals surface area (Å²) in [4.78, 5) is 3.51. The summed E-state index contributed by atoms with van der Waals surface area (Å²) >= 11 is 0. The minimum absolute atomic E-state index is 0.841. The summed E-state index contributed by atoms with van der Waals surface area (Å²) in [5.74, 6) is 1.76. The minimum Gasteiger partial charge on any atom is -0.497 e. The lowest BCUT2D eigenvalue weighted by Gasteiger charge is -2.12. The van der Waals surface area contributed by atoms with Gasteiger partial charge in [0.15, 0.2) is 0 Å². The fourth-order valence-corrected chi connectivity index (χ4v) is 2.76. The van der Waals surface area contributed by atoms with Crippen LogP contribution in [0.15, 0.2) is 12.1 Å². The van der Waals surface area contributed by atoms with Crippen LogP contribution in [0.3, 0.4) is 0 Å². The predicted octanol–water partition coefficient (Wildman–Crippen LogP) is 3.06. The summed E-state index contributed by atoms with van der Waals surface area (Å²) in [5.41, 5.74) is 3.94. The first-order valence-corrected chi connectivity index (χ1v) is 6.09. The second-order valence-electron chi connectivity index (χ2n) is 4.54. The Labute approximate surface area is 101 Å². The smallest absolute Gasteiger partial charge is 0.132 e. The highest BCUT2D eigenvalue weighted by Gasteiger charge is 2.19. The molecule has 1 heterocycles. The van der Waals surface area contributed by atoms with Crippen molar-refractivity contribution in [1.29, 1.82) is 0 Å². The van der Waals surface area contributed by atoms with Crippen LogP contribution in [-0.2, 0) is 12.8 Å². The van der Waals surface area contributed by atoms with E-state index in [2.05, 4.69) is 11.1 Å². The van der Waals surface area contributed by atoms with Crippen molar-refractivity contribution in [3.05, 3.63) is 23.4 Å². The van der Waals surface area contributed by atoms with E-state index in [4.69, 9.17) is 9.47 Å². The summed E-state index contributed by atoms with van der Waals surface area (Å²) < 4.78 is 10.8. The molecule has 3 heteroatoms. The van der Waals surface area contributed by atoms with Crippen molar-refractivity contribution < 1.29 is 9.47 Å². The van der Waals surface area contributed by atoms with Crippen LogP contribution < -0.4 is 9.47 Å². The first kappa shape index (κ1) is 10.5. The summed E-state index contributed by atoms with van der Waals surface area (Å²) in [7, 11) is 3.40. The molecule has 0 amide bonds. The number of rotatable bonds is 2. The normalized spacial score (nSPS) is 14.7. The number of methoxy groups -OCH3 is 2. The number of ether oxygens (including phenoxy) is 2. The van der Waals surface area contributed by atoms with Gasteiger partial charge in [0, 0.05) is 23.2 Å². The van der Waals surface area contributed by atoms with E-state index in [0.717, 1.165) is 29.9 Å². The SMILES string of the molecule is COc1cc(OC)c2c3c([nH]c2c1)CCCC3. The van der Waals surface area contributed by atoms with Crippen LogP contribution in [0.4, 0.5) is 0 Å². The fourth-order valence-electron chi connectivity index (χ4n) is 2.76. The Balaban J connectivity index is 2.29. The van der Waals surface area contributed by atoms with Crippen LogP contribution in [0.1, 0.15) is 24.1 Å². The molecule has 0 atom stereocenters. The number of aryl methyl sites for hydroxylation is 2. The molecule has 0 aliphatic heterocycles. The van der Waals surface area contributed by atoms with Gasteiger partial charge >= 0.3 is 0 Å². The van der Waals surface area contributed by atoms with Crippen LogP contribution in [-0.4, -0.2) is 19.2 Å². The van der Waals surface area contributed by atoms with E-state index < -0.39 is 0 Å². The topological polar surface area (TPSA) is 34.2 Å². The summed E-state index contributed by atoms with van der Waals surface area (Å²) in [5, 5.41) is 1.24. The molecule has 0 bridgehead atoms. The molecule has 1 aliphatic carbocycles. The predicted molar refractivity (Wildman–Crippen MR) is 68.0 cm³/mol. The molecule has 1 N–H and O–H groups in total. The highest BCUT2D eigenvalue weighted by Crippen LogP contribution is 2.37. The standard InChI is InChI=1S/C14H17NO2/c1-16-9-7-12-14(13(8-9)17-2)10-5-3-4-6-11(10)15-12/h7-8,15H,3-6H2,1-2H3. The summed E-state index contributed by atoms with van der Waals surface area (Å²) in [6.07, 6.45) is 4.85. The van der Waals surface area contributed by atoms with E-state index in [-0.39, 0.29) is 0 Å². The van der Waals surface area contributed by atoms with Crippen LogP contribution in [0.5, 0.6) is 11.5 Å². The Hall–Kier alpha value is -1.64. The van der Waals surface area contributed by atoms with Crippen molar-refractivity contribution >= 4 is 10.9 Å². The monoisotopic (exact) mass is 231 g/mol. The van der Waals surface area contributed by atoms with E-state index in [1.165, 1.54) is 29.5 Å². The highest BCUT2D eigenvalue weighted by atomic mass is 16.5. The molecule has 2 aromatic rings. The number of nitrogens with one attached hydrogen (secondary N) is 1. The van der Waals surface area contributed by atoms with Gasteiger partial charge < -0.3 is 14.5 Å². The molecule has 1 aliphatic rings. The molecular weight excluding hydrogens is 214 g/mol. The van der Waals surface area contributed by atoms with Crippen molar-refractivity contribution in [3.8, 4) is 11.5 Å². The number of fused-ring (bicyclic) bond motifs is 3. The number of aromatic amines is 1. The number of aromatic nitrogens is 1. The summed E-state index contributed by atoms with van der Waals surface area (Å²) in [6, 6.07) is 4.02.